The maximum Gasteiger partial charge on any atom is 0.262 e. The van der Waals surface area contributed by atoms with Crippen molar-refractivity contribution >= 4 is 38.9 Å². The minimum absolute atomic E-state index is 0.149. The first-order chi connectivity index (χ1) is 18.2. The summed E-state index contributed by atoms with van der Waals surface area (Å²) in [6.45, 7) is 3.53. The molecule has 0 saturated carbocycles. The van der Waals surface area contributed by atoms with Crippen molar-refractivity contribution in [3.05, 3.63) is 113 Å². The fourth-order valence-corrected chi connectivity index (χ4v) is 5.16. The number of carbonyl (C=O) groups excluding carboxylic acids is 2. The molecule has 0 spiro atoms. The van der Waals surface area contributed by atoms with Crippen LogP contribution in [0.3, 0.4) is 0 Å². The molecule has 0 saturated heterocycles. The number of sulfonamides is 1. The van der Waals surface area contributed by atoms with E-state index in [1.807, 2.05) is 13.0 Å². The lowest BCUT2D eigenvalue weighted by atomic mass is 10.1. The van der Waals surface area contributed by atoms with E-state index in [1.54, 1.807) is 86.8 Å². The summed E-state index contributed by atoms with van der Waals surface area (Å²) >= 11 is 0. The van der Waals surface area contributed by atoms with Crippen molar-refractivity contribution in [3.8, 4) is 5.75 Å². The highest BCUT2D eigenvalue weighted by molar-refractivity contribution is 7.92. The largest absolute Gasteiger partial charge is 0.497 e. The van der Waals surface area contributed by atoms with Crippen LogP contribution in [0.2, 0.25) is 0 Å². The van der Waals surface area contributed by atoms with Crippen molar-refractivity contribution in [3.63, 3.8) is 0 Å². The number of ether oxygens (including phenoxy) is 1. The highest BCUT2D eigenvalue weighted by Gasteiger charge is 2.21. The molecule has 4 aromatic carbocycles. The van der Waals surface area contributed by atoms with Gasteiger partial charge in [-0.2, -0.15) is 0 Å². The molecule has 9 heteroatoms. The zero-order valence-corrected chi connectivity index (χ0v) is 21.9. The smallest absolute Gasteiger partial charge is 0.262 e. The molecule has 8 nitrogen and oxygen atoms in total. The van der Waals surface area contributed by atoms with Gasteiger partial charge in [-0.3, -0.25) is 14.3 Å². The van der Waals surface area contributed by atoms with Crippen LogP contribution in [0.5, 0.6) is 5.75 Å². The van der Waals surface area contributed by atoms with Gasteiger partial charge in [0.1, 0.15) is 5.75 Å². The molecule has 0 fully saturated rings. The molecule has 4 rings (SSSR count). The third-order valence-electron chi connectivity index (χ3n) is 5.80. The number of methoxy groups -OCH3 is 1. The van der Waals surface area contributed by atoms with Gasteiger partial charge in [-0.1, -0.05) is 24.3 Å². The Bertz CT molecular complexity index is 1580. The normalized spacial score (nSPS) is 10.9. The average molecular weight is 530 g/mol. The molecule has 0 radical (unpaired) electrons. The SMILES string of the molecule is COc1ccc(NC(=O)c2ccc(NC(=O)c3ccccc3NS(=O)(=O)c3cc(C)ccc3C)cc2)cc1. The topological polar surface area (TPSA) is 114 Å². The van der Waals surface area contributed by atoms with E-state index >= 15 is 0 Å². The standard InChI is InChI=1S/C29H27N3O5S/c1-19-8-9-20(2)27(18-19)38(35,36)32-26-7-5-4-6-25(26)29(34)31-22-12-10-21(11-13-22)28(33)30-23-14-16-24(37-3)17-15-23/h4-18,32H,1-3H3,(H,30,33)(H,31,34). The summed E-state index contributed by atoms with van der Waals surface area (Å²) in [6, 6.07) is 24.9. The lowest BCUT2D eigenvalue weighted by Gasteiger charge is -2.14. The molecule has 4 aromatic rings. The summed E-state index contributed by atoms with van der Waals surface area (Å²) in [6.07, 6.45) is 0. The number of para-hydroxylation sites is 1. The Balaban J connectivity index is 1.46. The number of nitrogens with one attached hydrogen (secondary N) is 3. The maximum absolute atomic E-state index is 13.1. The molecule has 0 bridgehead atoms. The average Bonchev–Trinajstić information content (AvgIpc) is 2.91. The molecule has 0 aliphatic heterocycles. The van der Waals surface area contributed by atoms with Crippen molar-refractivity contribution in [2.24, 2.45) is 0 Å². The van der Waals surface area contributed by atoms with E-state index < -0.39 is 15.9 Å². The van der Waals surface area contributed by atoms with Crippen molar-refractivity contribution in [1.29, 1.82) is 0 Å². The monoisotopic (exact) mass is 529 g/mol. The van der Waals surface area contributed by atoms with Crippen LogP contribution in [0.1, 0.15) is 31.8 Å². The summed E-state index contributed by atoms with van der Waals surface area (Å²) in [4.78, 5) is 25.8. The van der Waals surface area contributed by atoms with E-state index in [0.717, 1.165) is 5.56 Å². The number of hydrogen-bond donors (Lipinski definition) is 3. The number of aryl methyl sites for hydroxylation is 2. The van der Waals surface area contributed by atoms with Gasteiger partial charge in [0.05, 0.1) is 23.3 Å². The van der Waals surface area contributed by atoms with Crippen LogP contribution in [-0.4, -0.2) is 27.3 Å². The Hall–Kier alpha value is -4.63. The first kappa shape index (κ1) is 26.4. The van der Waals surface area contributed by atoms with Gasteiger partial charge in [0.15, 0.2) is 0 Å². The van der Waals surface area contributed by atoms with Gasteiger partial charge in [-0.05, 0) is 91.7 Å². The zero-order chi connectivity index (χ0) is 27.3. The van der Waals surface area contributed by atoms with E-state index in [1.165, 1.54) is 12.1 Å². The molecule has 194 valence electrons. The Morgan fingerprint density at radius 3 is 2.00 bits per heavy atom. The summed E-state index contributed by atoms with van der Waals surface area (Å²) in [7, 11) is -2.36. The number of amides is 2. The van der Waals surface area contributed by atoms with Crippen molar-refractivity contribution in [2.75, 3.05) is 22.5 Å². The highest BCUT2D eigenvalue weighted by Crippen LogP contribution is 2.24. The number of rotatable bonds is 8. The fraction of sp³-hybridized carbons (Fsp3) is 0.103. The molecule has 3 N–H and O–H groups in total. The summed E-state index contributed by atoms with van der Waals surface area (Å²) in [5.41, 5.74) is 3.19. The van der Waals surface area contributed by atoms with E-state index in [0.29, 0.717) is 28.3 Å². The van der Waals surface area contributed by atoms with Gasteiger partial charge in [-0.15, -0.1) is 0 Å². The van der Waals surface area contributed by atoms with Gasteiger partial charge in [0.2, 0.25) is 0 Å². The molecule has 0 heterocycles. The van der Waals surface area contributed by atoms with Gasteiger partial charge in [0, 0.05) is 16.9 Å². The van der Waals surface area contributed by atoms with E-state index in [-0.39, 0.29) is 22.1 Å². The summed E-state index contributed by atoms with van der Waals surface area (Å²) in [5, 5.41) is 5.55. The molecule has 0 aliphatic rings. The molecule has 0 aliphatic carbocycles. The van der Waals surface area contributed by atoms with Crippen LogP contribution in [0.25, 0.3) is 0 Å². The summed E-state index contributed by atoms with van der Waals surface area (Å²) < 4.78 is 33.8. The molecule has 38 heavy (non-hydrogen) atoms. The second kappa shape index (κ2) is 11.2. The lowest BCUT2D eigenvalue weighted by Crippen LogP contribution is -2.19. The maximum atomic E-state index is 13.1. The lowest BCUT2D eigenvalue weighted by molar-refractivity contribution is 0.102. The van der Waals surface area contributed by atoms with Crippen LogP contribution in [-0.2, 0) is 10.0 Å². The third kappa shape index (κ3) is 6.19. The number of anilines is 3. The number of hydrogen-bond acceptors (Lipinski definition) is 5. The predicted molar refractivity (Wildman–Crippen MR) is 149 cm³/mol. The molecule has 0 aromatic heterocycles. The Morgan fingerprint density at radius 1 is 0.737 bits per heavy atom. The fourth-order valence-electron chi connectivity index (χ4n) is 3.75. The van der Waals surface area contributed by atoms with E-state index in [9.17, 15) is 18.0 Å². The van der Waals surface area contributed by atoms with E-state index in [4.69, 9.17) is 4.74 Å². The van der Waals surface area contributed by atoms with Gasteiger partial charge in [0.25, 0.3) is 21.8 Å². The molecular formula is C29H27N3O5S. The first-order valence-corrected chi connectivity index (χ1v) is 13.2. The number of benzene rings is 4. The Morgan fingerprint density at radius 2 is 1.34 bits per heavy atom. The second-order valence-corrected chi connectivity index (χ2v) is 10.3. The Labute approximate surface area is 221 Å². The van der Waals surface area contributed by atoms with Gasteiger partial charge in [-0.25, -0.2) is 8.42 Å². The van der Waals surface area contributed by atoms with Gasteiger partial charge >= 0.3 is 0 Å². The van der Waals surface area contributed by atoms with Crippen LogP contribution in [0.4, 0.5) is 17.1 Å². The first-order valence-electron chi connectivity index (χ1n) is 11.7. The molecule has 2 amide bonds. The Kier molecular flexibility index (Phi) is 7.78. The van der Waals surface area contributed by atoms with Crippen LogP contribution < -0.4 is 20.1 Å². The van der Waals surface area contributed by atoms with Crippen molar-refractivity contribution in [1.82, 2.24) is 0 Å². The minimum Gasteiger partial charge on any atom is -0.497 e. The van der Waals surface area contributed by atoms with Crippen molar-refractivity contribution < 1.29 is 22.7 Å². The highest BCUT2D eigenvalue weighted by atomic mass is 32.2. The molecule has 0 unspecified atom stereocenters. The van der Waals surface area contributed by atoms with Gasteiger partial charge < -0.3 is 15.4 Å². The van der Waals surface area contributed by atoms with E-state index in [2.05, 4.69) is 15.4 Å². The second-order valence-electron chi connectivity index (χ2n) is 8.63. The van der Waals surface area contributed by atoms with Crippen LogP contribution in [0, 0.1) is 13.8 Å². The molecular weight excluding hydrogens is 502 g/mol. The zero-order valence-electron chi connectivity index (χ0n) is 21.1. The minimum atomic E-state index is -3.92. The van der Waals surface area contributed by atoms with Crippen molar-refractivity contribution in [2.45, 2.75) is 18.7 Å². The quantitative estimate of drug-likeness (QED) is 0.274. The summed E-state index contributed by atoms with van der Waals surface area (Å²) in [5.74, 6) is -0.123. The van der Waals surface area contributed by atoms with Crippen LogP contribution in [0.15, 0.2) is 95.9 Å². The molecule has 0 atom stereocenters. The predicted octanol–water partition coefficient (Wildman–Crippen LogP) is 5.62. The van der Waals surface area contributed by atoms with Crippen LogP contribution >= 0.6 is 0 Å². The third-order valence-corrected chi connectivity index (χ3v) is 7.31. The number of carbonyl (C=O) groups is 2.